The molecule has 0 radical (unpaired) electrons. The number of aliphatic hydroxyl groups is 1. The smallest absolute Gasteiger partial charge is 0.390 e. The number of carbonyl (C=O) groups excluding carboxylic acids is 1. The lowest BCUT2D eigenvalue weighted by atomic mass is 9.89. The van der Waals surface area contributed by atoms with Gasteiger partial charge in [-0.1, -0.05) is 41.4 Å². The monoisotopic (exact) mass is 569 g/mol. The maximum atomic E-state index is 12.9. The van der Waals surface area contributed by atoms with Gasteiger partial charge in [-0.2, -0.15) is 13.2 Å². The molecule has 1 saturated carbocycles. The van der Waals surface area contributed by atoms with Gasteiger partial charge in [-0.25, -0.2) is 4.79 Å². The van der Waals surface area contributed by atoms with Crippen molar-refractivity contribution in [1.29, 1.82) is 5.41 Å². The molecule has 204 valence electrons. The molecule has 1 fully saturated rings. The molecule has 0 bridgehead atoms. The number of aliphatic hydroxyl groups excluding tert-OH is 1. The van der Waals surface area contributed by atoms with Gasteiger partial charge in [0.05, 0.1) is 25.6 Å². The predicted octanol–water partition coefficient (Wildman–Crippen LogP) is 5.68. The lowest BCUT2D eigenvalue weighted by molar-refractivity contribution is -0.135. The highest BCUT2D eigenvalue weighted by molar-refractivity contribution is 6.31. The molecule has 5 N–H and O–H groups in total. The molecule has 1 aliphatic rings. The maximum absolute atomic E-state index is 12.9. The molecule has 0 aliphatic heterocycles. The Hall–Kier alpha value is -3.08. The maximum Gasteiger partial charge on any atom is 0.390 e. The molecule has 1 unspecified atom stereocenters. The summed E-state index contributed by atoms with van der Waals surface area (Å²) in [6.07, 6.45) is -5.26. The van der Waals surface area contributed by atoms with Crippen LogP contribution in [-0.4, -0.2) is 53.0 Å². The van der Waals surface area contributed by atoms with Gasteiger partial charge in [0.2, 0.25) is 0 Å². The minimum Gasteiger partial charge on any atom is -0.400 e. The normalized spacial score (nSPS) is 18.3. The molecule has 12 heteroatoms. The van der Waals surface area contributed by atoms with Crippen LogP contribution in [0.4, 0.5) is 18.0 Å². The van der Waals surface area contributed by atoms with Crippen LogP contribution in [0.5, 0.6) is 0 Å². The number of alkyl halides is 3. The first-order valence-corrected chi connectivity index (χ1v) is 12.6. The summed E-state index contributed by atoms with van der Waals surface area (Å²) in [5.74, 6) is -0.405. The van der Waals surface area contributed by atoms with Crippen LogP contribution in [0, 0.1) is 5.41 Å². The van der Waals surface area contributed by atoms with Crippen molar-refractivity contribution >= 4 is 40.8 Å². The third-order valence-corrected chi connectivity index (χ3v) is 6.59. The Balaban J connectivity index is 1.77. The van der Waals surface area contributed by atoms with E-state index >= 15 is 0 Å². The summed E-state index contributed by atoms with van der Waals surface area (Å²) in [5.41, 5.74) is 8.84. The number of benzene rings is 2. The predicted molar refractivity (Wildman–Crippen MR) is 143 cm³/mol. The number of hydrogen-bond acceptors (Lipinski definition) is 5. The number of halogens is 5. The fraction of sp³-hybridized carbons (Fsp3) is 0.346. The fourth-order valence-electron chi connectivity index (χ4n) is 3.91. The van der Waals surface area contributed by atoms with Gasteiger partial charge in [0.15, 0.2) is 0 Å². The quantitative estimate of drug-likeness (QED) is 0.254. The zero-order valence-electron chi connectivity index (χ0n) is 20.4. The Bertz CT molecular complexity index is 1220. The largest absolute Gasteiger partial charge is 0.400 e. The van der Waals surface area contributed by atoms with Gasteiger partial charge in [0.25, 0.3) is 0 Å². The number of rotatable bonds is 7. The molecule has 2 amide bonds. The Kier molecular flexibility index (Phi) is 10.2. The summed E-state index contributed by atoms with van der Waals surface area (Å²) in [4.78, 5) is 18.2. The molecule has 3 rings (SSSR count). The molecule has 0 aromatic heterocycles. The third kappa shape index (κ3) is 8.47. The molecule has 0 spiro atoms. The van der Waals surface area contributed by atoms with Crippen LogP contribution >= 0.6 is 23.2 Å². The van der Waals surface area contributed by atoms with Gasteiger partial charge in [0.1, 0.15) is 5.84 Å². The van der Waals surface area contributed by atoms with E-state index in [9.17, 15) is 23.1 Å². The first-order chi connectivity index (χ1) is 17.9. The van der Waals surface area contributed by atoms with Crippen LogP contribution in [0.1, 0.15) is 36.8 Å². The number of nitrogens with one attached hydrogen (secondary N) is 2. The number of hydrogen-bond donors (Lipinski definition) is 4. The van der Waals surface area contributed by atoms with Gasteiger partial charge < -0.3 is 16.2 Å². The molecule has 38 heavy (non-hydrogen) atoms. The molecule has 2 aromatic rings. The molecular formula is C26H28Cl2F3N5O2. The third-order valence-electron chi connectivity index (χ3n) is 5.97. The summed E-state index contributed by atoms with van der Waals surface area (Å²) in [6.45, 7) is -0.649. The second-order valence-electron chi connectivity index (χ2n) is 8.79. The second-order valence-corrected chi connectivity index (χ2v) is 9.63. The van der Waals surface area contributed by atoms with E-state index in [1.165, 1.54) is 24.3 Å². The number of aliphatic imine (C=N–C) groups is 1. The van der Waals surface area contributed by atoms with Crippen LogP contribution in [0.25, 0.3) is 0 Å². The average Bonchev–Trinajstić information content (AvgIpc) is 2.86. The average molecular weight is 570 g/mol. The zero-order chi connectivity index (χ0) is 27.9. The SMILES string of the molecule is N=C(c1ccc(Cl)cc1)N(CCC(F)(F)F)C(=O)NC/C(N)=C1\CCC(O)CC1=NCc1ccccc1Cl. The van der Waals surface area contributed by atoms with Crippen LogP contribution in [0.2, 0.25) is 10.0 Å². The molecule has 1 aliphatic carbocycles. The highest BCUT2D eigenvalue weighted by Gasteiger charge is 2.31. The lowest BCUT2D eigenvalue weighted by Crippen LogP contribution is -2.46. The van der Waals surface area contributed by atoms with E-state index in [0.29, 0.717) is 39.1 Å². The van der Waals surface area contributed by atoms with Crippen LogP contribution < -0.4 is 11.1 Å². The van der Waals surface area contributed by atoms with Crippen molar-refractivity contribution in [3.63, 3.8) is 0 Å². The summed E-state index contributed by atoms with van der Waals surface area (Å²) < 4.78 is 38.8. The summed E-state index contributed by atoms with van der Waals surface area (Å²) in [5, 5.41) is 22.0. The van der Waals surface area contributed by atoms with Gasteiger partial charge in [-0.3, -0.25) is 15.3 Å². The first kappa shape index (κ1) is 29.5. The summed E-state index contributed by atoms with van der Waals surface area (Å²) >= 11 is 12.1. The highest BCUT2D eigenvalue weighted by Crippen LogP contribution is 2.25. The summed E-state index contributed by atoms with van der Waals surface area (Å²) in [7, 11) is 0. The van der Waals surface area contributed by atoms with Gasteiger partial charge in [-0.15, -0.1) is 0 Å². The van der Waals surface area contributed by atoms with Crippen molar-refractivity contribution in [2.45, 2.75) is 44.5 Å². The van der Waals surface area contributed by atoms with Crippen molar-refractivity contribution in [2.24, 2.45) is 10.7 Å². The summed E-state index contributed by atoms with van der Waals surface area (Å²) in [6, 6.07) is 12.2. The zero-order valence-corrected chi connectivity index (χ0v) is 21.9. The molecule has 0 saturated heterocycles. The number of nitrogens with zero attached hydrogens (tertiary/aromatic N) is 2. The van der Waals surface area contributed by atoms with E-state index in [1.807, 2.05) is 12.1 Å². The van der Waals surface area contributed by atoms with Crippen molar-refractivity contribution < 1.29 is 23.1 Å². The van der Waals surface area contributed by atoms with Crippen LogP contribution in [0.15, 0.2) is 64.8 Å². The molecule has 0 heterocycles. The van der Waals surface area contributed by atoms with Gasteiger partial charge >= 0.3 is 12.2 Å². The minimum atomic E-state index is -4.52. The standard InChI is InChI=1S/C26H28Cl2F3N5O2/c27-18-7-5-16(6-8-18)24(33)36(12-11-26(29,30)31)25(38)35-15-22(32)20-10-9-19(37)13-23(20)34-14-17-3-1-2-4-21(17)28/h1-8,19,33,37H,9-15,32H2,(H,35,38)/b22-20-,33-24?,34-23?. The van der Waals surface area contributed by atoms with Crippen molar-refractivity contribution in [3.05, 3.63) is 81.0 Å². The van der Waals surface area contributed by atoms with Crippen molar-refractivity contribution in [1.82, 2.24) is 10.2 Å². The Morgan fingerprint density at radius 2 is 1.87 bits per heavy atom. The highest BCUT2D eigenvalue weighted by atomic mass is 35.5. The van der Waals surface area contributed by atoms with E-state index in [1.54, 1.807) is 12.1 Å². The number of amidine groups is 1. The van der Waals surface area contributed by atoms with E-state index in [4.69, 9.17) is 34.3 Å². The number of allylic oxidation sites excluding steroid dienone is 1. The molecular weight excluding hydrogens is 542 g/mol. The first-order valence-electron chi connectivity index (χ1n) is 11.8. The van der Waals surface area contributed by atoms with E-state index < -0.39 is 37.1 Å². The van der Waals surface area contributed by atoms with Gasteiger partial charge in [-0.05, 0) is 54.3 Å². The number of nitrogens with two attached hydrogens (primary N) is 1. The second kappa shape index (κ2) is 13.1. The molecule has 1 atom stereocenters. The Morgan fingerprint density at radius 1 is 1.18 bits per heavy atom. The van der Waals surface area contributed by atoms with E-state index in [-0.39, 0.29) is 30.8 Å². The van der Waals surface area contributed by atoms with Gasteiger partial charge in [0, 0.05) is 40.0 Å². The van der Waals surface area contributed by atoms with Crippen LogP contribution in [-0.2, 0) is 6.54 Å². The van der Waals surface area contributed by atoms with Crippen molar-refractivity contribution in [3.8, 4) is 0 Å². The van der Waals surface area contributed by atoms with E-state index in [2.05, 4.69) is 10.3 Å². The molecule has 7 nitrogen and oxygen atoms in total. The van der Waals surface area contributed by atoms with Crippen molar-refractivity contribution in [2.75, 3.05) is 13.1 Å². The van der Waals surface area contributed by atoms with Crippen LogP contribution in [0.3, 0.4) is 0 Å². The Morgan fingerprint density at radius 3 is 2.53 bits per heavy atom. The fourth-order valence-corrected chi connectivity index (χ4v) is 4.23. The number of amides is 2. The Labute approximate surface area is 228 Å². The number of urea groups is 1. The number of carbonyl (C=O) groups is 1. The molecule has 2 aromatic carbocycles. The van der Waals surface area contributed by atoms with E-state index in [0.717, 1.165) is 5.56 Å². The minimum absolute atomic E-state index is 0.175. The lowest BCUT2D eigenvalue weighted by Gasteiger charge is -2.26. The topological polar surface area (TPSA) is 115 Å².